The van der Waals surface area contributed by atoms with Crippen LogP contribution in [0.15, 0.2) is 34.9 Å². The average Bonchev–Trinajstić information content (AvgIpc) is 3.14. The zero-order valence-electron chi connectivity index (χ0n) is 14.2. The molecule has 1 N–H and O–H groups in total. The van der Waals surface area contributed by atoms with Gasteiger partial charge in [0.2, 0.25) is 0 Å². The molecule has 24 heavy (non-hydrogen) atoms. The van der Waals surface area contributed by atoms with Crippen LogP contribution in [0.2, 0.25) is 5.02 Å². The predicted octanol–water partition coefficient (Wildman–Crippen LogP) is 2.60. The van der Waals surface area contributed by atoms with E-state index in [0.717, 1.165) is 42.7 Å². The molecule has 1 aliphatic heterocycles. The summed E-state index contributed by atoms with van der Waals surface area (Å²) in [5.74, 6) is 1.43. The molecule has 0 spiro atoms. The van der Waals surface area contributed by atoms with Gasteiger partial charge in [0.15, 0.2) is 5.76 Å². The summed E-state index contributed by atoms with van der Waals surface area (Å²) in [5, 5.41) is 14.7. The van der Waals surface area contributed by atoms with Crippen LogP contribution in [-0.2, 0) is 13.1 Å². The van der Waals surface area contributed by atoms with E-state index in [0.29, 0.717) is 5.92 Å². The fraction of sp³-hybridized carbons (Fsp3) is 0.500. The molecule has 2 aromatic rings. The first-order chi connectivity index (χ1) is 11.5. The fourth-order valence-electron chi connectivity index (χ4n) is 3.41. The van der Waals surface area contributed by atoms with Crippen LogP contribution in [0.3, 0.4) is 0 Å². The molecule has 1 saturated heterocycles. The van der Waals surface area contributed by atoms with Gasteiger partial charge < -0.3 is 14.5 Å². The molecule has 0 radical (unpaired) electrons. The molecule has 6 heteroatoms. The van der Waals surface area contributed by atoms with E-state index in [9.17, 15) is 5.11 Å². The molecule has 0 unspecified atom stereocenters. The number of hydrogen-bond acceptors (Lipinski definition) is 5. The maximum atomic E-state index is 9.75. The van der Waals surface area contributed by atoms with Gasteiger partial charge in [-0.25, -0.2) is 0 Å². The summed E-state index contributed by atoms with van der Waals surface area (Å²) < 4.78 is 5.38. The number of rotatable bonds is 6. The molecule has 5 nitrogen and oxygen atoms in total. The van der Waals surface area contributed by atoms with Crippen molar-refractivity contribution in [1.82, 2.24) is 15.0 Å². The summed E-state index contributed by atoms with van der Waals surface area (Å²) in [5.41, 5.74) is 2.18. The van der Waals surface area contributed by atoms with E-state index >= 15 is 0 Å². The highest BCUT2D eigenvalue weighted by Gasteiger charge is 2.33. The van der Waals surface area contributed by atoms with Crippen LogP contribution in [0, 0.1) is 5.92 Å². The number of likely N-dealkylation sites (tertiary alicyclic amines) is 1. The van der Waals surface area contributed by atoms with Crippen molar-refractivity contribution in [3.63, 3.8) is 0 Å². The van der Waals surface area contributed by atoms with Gasteiger partial charge in [-0.1, -0.05) is 28.9 Å². The number of halogens is 1. The normalized spacial score (nSPS) is 21.7. The third-order valence-corrected chi connectivity index (χ3v) is 4.77. The lowest BCUT2D eigenvalue weighted by molar-refractivity contribution is 0.213. The molecule has 0 bridgehead atoms. The second-order valence-corrected chi connectivity index (χ2v) is 7.25. The first-order valence-electron chi connectivity index (χ1n) is 8.23. The smallest absolute Gasteiger partial charge is 0.150 e. The van der Waals surface area contributed by atoms with Crippen molar-refractivity contribution >= 4 is 11.6 Å². The van der Waals surface area contributed by atoms with Gasteiger partial charge in [-0.2, -0.15) is 0 Å². The highest BCUT2D eigenvalue weighted by atomic mass is 35.5. The number of benzene rings is 1. The van der Waals surface area contributed by atoms with Crippen LogP contribution < -0.4 is 0 Å². The standard InChI is InChI=1S/C18H24ClN3O2/c1-21(2)10-17-7-16(20-24-17)9-22-8-14(12-23)18(11-22)13-3-5-15(19)6-4-13/h3-7,14,18,23H,8-12H2,1-2H3/t14-,18-/m0/s1. The maximum Gasteiger partial charge on any atom is 0.150 e. The van der Waals surface area contributed by atoms with Gasteiger partial charge in [0.05, 0.1) is 12.2 Å². The molecule has 2 atom stereocenters. The quantitative estimate of drug-likeness (QED) is 0.868. The molecule has 3 rings (SSSR count). The molecule has 0 aliphatic carbocycles. The Balaban J connectivity index is 1.65. The van der Waals surface area contributed by atoms with Crippen molar-refractivity contribution in [2.75, 3.05) is 33.8 Å². The van der Waals surface area contributed by atoms with E-state index in [-0.39, 0.29) is 12.5 Å². The van der Waals surface area contributed by atoms with Crippen molar-refractivity contribution in [2.45, 2.75) is 19.0 Å². The molecule has 130 valence electrons. The van der Waals surface area contributed by atoms with Crippen molar-refractivity contribution in [3.8, 4) is 0 Å². The van der Waals surface area contributed by atoms with Crippen LogP contribution in [-0.4, -0.2) is 53.9 Å². The summed E-state index contributed by atoms with van der Waals surface area (Å²) in [4.78, 5) is 4.38. The minimum atomic E-state index is 0.189. The lowest BCUT2D eigenvalue weighted by atomic mass is 9.90. The van der Waals surface area contributed by atoms with Gasteiger partial charge in [0, 0.05) is 49.2 Å². The Morgan fingerprint density at radius 2 is 2.04 bits per heavy atom. The number of aliphatic hydroxyl groups excluding tert-OH is 1. The molecule has 1 aromatic carbocycles. The molecule has 0 amide bonds. The molecule has 0 saturated carbocycles. The summed E-state index contributed by atoms with van der Waals surface area (Å²) in [7, 11) is 4.01. The second kappa shape index (κ2) is 7.66. The third kappa shape index (κ3) is 4.16. The highest BCUT2D eigenvalue weighted by Crippen LogP contribution is 2.33. The summed E-state index contributed by atoms with van der Waals surface area (Å²) in [6, 6.07) is 9.97. The van der Waals surface area contributed by atoms with Gasteiger partial charge >= 0.3 is 0 Å². The van der Waals surface area contributed by atoms with Gasteiger partial charge in [0.1, 0.15) is 0 Å². The van der Waals surface area contributed by atoms with Gasteiger partial charge in [-0.15, -0.1) is 0 Å². The number of aliphatic hydroxyl groups is 1. The summed E-state index contributed by atoms with van der Waals surface area (Å²) in [6.45, 7) is 3.45. The number of aromatic nitrogens is 1. The van der Waals surface area contributed by atoms with E-state index in [2.05, 4.69) is 27.1 Å². The minimum Gasteiger partial charge on any atom is -0.396 e. The Kier molecular flexibility index (Phi) is 5.56. The first-order valence-corrected chi connectivity index (χ1v) is 8.61. The van der Waals surface area contributed by atoms with Crippen LogP contribution in [0.1, 0.15) is 22.9 Å². The van der Waals surface area contributed by atoms with Crippen LogP contribution in [0.4, 0.5) is 0 Å². The predicted molar refractivity (Wildman–Crippen MR) is 93.9 cm³/mol. The molecule has 1 fully saturated rings. The van der Waals surface area contributed by atoms with Crippen molar-refractivity contribution in [1.29, 1.82) is 0 Å². The van der Waals surface area contributed by atoms with E-state index in [1.807, 2.05) is 32.3 Å². The van der Waals surface area contributed by atoms with Crippen LogP contribution >= 0.6 is 11.6 Å². The largest absolute Gasteiger partial charge is 0.396 e. The molecule has 1 aromatic heterocycles. The molecular formula is C18H24ClN3O2. The monoisotopic (exact) mass is 349 g/mol. The van der Waals surface area contributed by atoms with Gasteiger partial charge in [-0.3, -0.25) is 4.90 Å². The Bertz CT molecular complexity index is 657. The Morgan fingerprint density at radius 1 is 1.29 bits per heavy atom. The minimum absolute atomic E-state index is 0.189. The average molecular weight is 350 g/mol. The second-order valence-electron chi connectivity index (χ2n) is 6.82. The lowest BCUT2D eigenvalue weighted by Gasteiger charge is -2.16. The fourth-order valence-corrected chi connectivity index (χ4v) is 3.53. The third-order valence-electron chi connectivity index (χ3n) is 4.51. The van der Waals surface area contributed by atoms with Gasteiger partial charge in [-0.05, 0) is 31.8 Å². The zero-order chi connectivity index (χ0) is 17.1. The van der Waals surface area contributed by atoms with Crippen LogP contribution in [0.25, 0.3) is 0 Å². The summed E-state index contributed by atoms with van der Waals surface area (Å²) in [6.07, 6.45) is 0. The zero-order valence-corrected chi connectivity index (χ0v) is 14.9. The van der Waals surface area contributed by atoms with Crippen molar-refractivity contribution in [2.24, 2.45) is 5.92 Å². The Morgan fingerprint density at radius 3 is 2.71 bits per heavy atom. The molecule has 2 heterocycles. The number of hydrogen-bond donors (Lipinski definition) is 1. The van der Waals surface area contributed by atoms with Crippen LogP contribution in [0.5, 0.6) is 0 Å². The van der Waals surface area contributed by atoms with Crippen molar-refractivity contribution in [3.05, 3.63) is 52.4 Å². The summed E-state index contributed by atoms with van der Waals surface area (Å²) >= 11 is 5.98. The van der Waals surface area contributed by atoms with E-state index in [4.69, 9.17) is 16.1 Å². The SMILES string of the molecule is CN(C)Cc1cc(CN2C[C@@H](CO)[C@H](c3ccc(Cl)cc3)C2)no1. The maximum absolute atomic E-state index is 9.75. The number of nitrogens with zero attached hydrogens (tertiary/aromatic N) is 3. The van der Waals surface area contributed by atoms with E-state index in [1.54, 1.807) is 0 Å². The lowest BCUT2D eigenvalue weighted by Crippen LogP contribution is -2.21. The van der Waals surface area contributed by atoms with Gasteiger partial charge in [0.25, 0.3) is 0 Å². The van der Waals surface area contributed by atoms with Crippen molar-refractivity contribution < 1.29 is 9.63 Å². The molecular weight excluding hydrogens is 326 g/mol. The first kappa shape index (κ1) is 17.4. The highest BCUT2D eigenvalue weighted by molar-refractivity contribution is 6.30. The topological polar surface area (TPSA) is 52.7 Å². The molecule has 1 aliphatic rings. The Labute approximate surface area is 147 Å². The Hall–Kier alpha value is -1.40. The van der Waals surface area contributed by atoms with E-state index in [1.165, 1.54) is 5.56 Å². The van der Waals surface area contributed by atoms with E-state index < -0.39 is 0 Å².